The van der Waals surface area contributed by atoms with Gasteiger partial charge in [-0.25, -0.2) is 0 Å². The molecule has 20 heavy (non-hydrogen) atoms. The fourth-order valence-electron chi connectivity index (χ4n) is 2.50. The van der Waals surface area contributed by atoms with Crippen LogP contribution in [0.5, 0.6) is 0 Å². The molecule has 0 radical (unpaired) electrons. The first-order valence-corrected chi connectivity index (χ1v) is 8.80. The molecule has 2 nitrogen and oxygen atoms in total. The molecule has 0 rings (SSSR count). The highest BCUT2D eigenvalue weighted by Gasteiger charge is 2.03. The van der Waals surface area contributed by atoms with Crippen LogP contribution in [0.2, 0.25) is 0 Å². The lowest BCUT2D eigenvalue weighted by atomic mass is 10.0. The van der Waals surface area contributed by atoms with Gasteiger partial charge >= 0.3 is 5.97 Å². The Bertz CT molecular complexity index is 213. The minimum Gasteiger partial charge on any atom is -0.466 e. The van der Waals surface area contributed by atoms with Gasteiger partial charge in [-0.1, -0.05) is 84.5 Å². The maximum atomic E-state index is 10.7. The highest BCUT2D eigenvalue weighted by Crippen LogP contribution is 2.14. The maximum absolute atomic E-state index is 10.7. The van der Waals surface area contributed by atoms with Crippen LogP contribution in [0.1, 0.15) is 97.8 Å². The SMILES string of the molecule is CCCCCCCCCCCCCC(C)COC(C)=O. The van der Waals surface area contributed by atoms with Gasteiger partial charge in [0.2, 0.25) is 0 Å². The van der Waals surface area contributed by atoms with E-state index >= 15 is 0 Å². The number of carbonyl (C=O) groups excluding carboxylic acids is 1. The van der Waals surface area contributed by atoms with Gasteiger partial charge < -0.3 is 4.74 Å². The Morgan fingerprint density at radius 2 is 1.30 bits per heavy atom. The number of rotatable bonds is 14. The van der Waals surface area contributed by atoms with Crippen molar-refractivity contribution in [3.63, 3.8) is 0 Å². The zero-order chi connectivity index (χ0) is 15.1. The Morgan fingerprint density at radius 3 is 1.75 bits per heavy atom. The first-order valence-electron chi connectivity index (χ1n) is 8.80. The van der Waals surface area contributed by atoms with Crippen molar-refractivity contribution in [3.8, 4) is 0 Å². The van der Waals surface area contributed by atoms with Crippen LogP contribution in [0.15, 0.2) is 0 Å². The molecule has 2 heteroatoms. The van der Waals surface area contributed by atoms with Crippen molar-refractivity contribution in [2.24, 2.45) is 5.92 Å². The molecule has 0 aromatic carbocycles. The lowest BCUT2D eigenvalue weighted by Gasteiger charge is -2.10. The lowest BCUT2D eigenvalue weighted by molar-refractivity contribution is -0.142. The van der Waals surface area contributed by atoms with E-state index in [4.69, 9.17) is 4.74 Å². The molecule has 0 aliphatic carbocycles. The summed E-state index contributed by atoms with van der Waals surface area (Å²) in [5, 5.41) is 0. The Kier molecular flexibility index (Phi) is 14.5. The summed E-state index contributed by atoms with van der Waals surface area (Å²) in [4.78, 5) is 10.7. The molecule has 0 N–H and O–H groups in total. The first kappa shape index (κ1) is 19.5. The Morgan fingerprint density at radius 1 is 0.850 bits per heavy atom. The molecule has 0 aliphatic heterocycles. The third-order valence-corrected chi connectivity index (χ3v) is 3.87. The molecule has 0 bridgehead atoms. The third-order valence-electron chi connectivity index (χ3n) is 3.87. The number of esters is 1. The van der Waals surface area contributed by atoms with E-state index in [9.17, 15) is 4.79 Å². The number of hydrogen-bond donors (Lipinski definition) is 0. The molecule has 0 heterocycles. The van der Waals surface area contributed by atoms with Crippen molar-refractivity contribution >= 4 is 5.97 Å². The molecule has 1 unspecified atom stereocenters. The average Bonchev–Trinajstić information content (AvgIpc) is 2.42. The average molecular weight is 284 g/mol. The molecule has 0 spiro atoms. The number of carbonyl (C=O) groups is 1. The smallest absolute Gasteiger partial charge is 0.302 e. The number of hydrogen-bond acceptors (Lipinski definition) is 2. The van der Waals surface area contributed by atoms with E-state index in [0.29, 0.717) is 12.5 Å². The minimum atomic E-state index is -0.157. The van der Waals surface area contributed by atoms with Crippen LogP contribution in [0, 0.1) is 5.92 Å². The summed E-state index contributed by atoms with van der Waals surface area (Å²) in [6, 6.07) is 0. The summed E-state index contributed by atoms with van der Waals surface area (Å²) in [5.74, 6) is 0.355. The van der Waals surface area contributed by atoms with Crippen LogP contribution in [-0.2, 0) is 9.53 Å². The topological polar surface area (TPSA) is 26.3 Å². The van der Waals surface area contributed by atoms with E-state index in [1.54, 1.807) is 0 Å². The van der Waals surface area contributed by atoms with Gasteiger partial charge in [0.25, 0.3) is 0 Å². The van der Waals surface area contributed by atoms with Gasteiger partial charge in [0.1, 0.15) is 0 Å². The van der Waals surface area contributed by atoms with E-state index in [2.05, 4.69) is 13.8 Å². The van der Waals surface area contributed by atoms with Crippen LogP contribution in [-0.4, -0.2) is 12.6 Å². The molecule has 0 saturated carbocycles. The van der Waals surface area contributed by atoms with Crippen LogP contribution in [0.4, 0.5) is 0 Å². The first-order chi connectivity index (χ1) is 9.66. The predicted molar refractivity (Wildman–Crippen MR) is 86.9 cm³/mol. The van der Waals surface area contributed by atoms with Crippen LogP contribution < -0.4 is 0 Å². The molecule has 1 atom stereocenters. The van der Waals surface area contributed by atoms with E-state index in [1.807, 2.05) is 0 Å². The van der Waals surface area contributed by atoms with E-state index in [1.165, 1.54) is 84.0 Å². The maximum Gasteiger partial charge on any atom is 0.302 e. The summed E-state index contributed by atoms with van der Waals surface area (Å²) >= 11 is 0. The molecule has 0 amide bonds. The Hall–Kier alpha value is -0.530. The molecule has 0 aromatic rings. The van der Waals surface area contributed by atoms with Gasteiger partial charge in [0, 0.05) is 6.92 Å². The second-order valence-corrected chi connectivity index (χ2v) is 6.23. The number of unbranched alkanes of at least 4 members (excludes halogenated alkanes) is 10. The fourth-order valence-corrected chi connectivity index (χ4v) is 2.50. The van der Waals surface area contributed by atoms with Crippen LogP contribution in [0.25, 0.3) is 0 Å². The molecule has 0 aromatic heterocycles. The Balaban J connectivity index is 3.10. The van der Waals surface area contributed by atoms with Crippen molar-refractivity contribution in [2.75, 3.05) is 6.61 Å². The second kappa shape index (κ2) is 14.9. The van der Waals surface area contributed by atoms with E-state index in [0.717, 1.165) is 0 Å². The lowest BCUT2D eigenvalue weighted by Crippen LogP contribution is -2.09. The van der Waals surface area contributed by atoms with Gasteiger partial charge in [0.05, 0.1) is 6.61 Å². The summed E-state index contributed by atoms with van der Waals surface area (Å²) in [5.41, 5.74) is 0. The zero-order valence-electron chi connectivity index (χ0n) is 14.1. The van der Waals surface area contributed by atoms with Crippen LogP contribution >= 0.6 is 0 Å². The van der Waals surface area contributed by atoms with Gasteiger partial charge in [-0.15, -0.1) is 0 Å². The fraction of sp³-hybridized carbons (Fsp3) is 0.944. The third kappa shape index (κ3) is 15.5. The summed E-state index contributed by atoms with van der Waals surface area (Å²) in [6.07, 6.45) is 16.4. The highest BCUT2D eigenvalue weighted by molar-refractivity contribution is 5.65. The zero-order valence-corrected chi connectivity index (χ0v) is 14.1. The molecule has 0 aliphatic rings. The largest absolute Gasteiger partial charge is 0.466 e. The molecule has 0 fully saturated rings. The number of ether oxygens (including phenoxy) is 1. The van der Waals surface area contributed by atoms with E-state index < -0.39 is 0 Å². The van der Waals surface area contributed by atoms with Crippen molar-refractivity contribution in [1.82, 2.24) is 0 Å². The normalized spacial score (nSPS) is 12.3. The molecule has 0 saturated heterocycles. The van der Waals surface area contributed by atoms with Gasteiger partial charge in [-0.2, -0.15) is 0 Å². The molecular weight excluding hydrogens is 248 g/mol. The van der Waals surface area contributed by atoms with Crippen molar-refractivity contribution in [1.29, 1.82) is 0 Å². The monoisotopic (exact) mass is 284 g/mol. The van der Waals surface area contributed by atoms with Gasteiger partial charge in [-0.3, -0.25) is 4.79 Å². The standard InChI is InChI=1S/C18H36O2/c1-4-5-6-7-8-9-10-11-12-13-14-15-17(2)16-20-18(3)19/h17H,4-16H2,1-3H3. The van der Waals surface area contributed by atoms with Crippen molar-refractivity contribution < 1.29 is 9.53 Å². The van der Waals surface area contributed by atoms with Crippen molar-refractivity contribution in [2.45, 2.75) is 97.8 Å². The summed E-state index contributed by atoms with van der Waals surface area (Å²) in [7, 11) is 0. The minimum absolute atomic E-state index is 0.157. The molecule has 120 valence electrons. The van der Waals surface area contributed by atoms with Gasteiger partial charge in [0.15, 0.2) is 0 Å². The van der Waals surface area contributed by atoms with Gasteiger partial charge in [-0.05, 0) is 12.3 Å². The summed E-state index contributed by atoms with van der Waals surface area (Å²) in [6.45, 7) is 6.51. The quantitative estimate of drug-likeness (QED) is 0.294. The van der Waals surface area contributed by atoms with Crippen molar-refractivity contribution in [3.05, 3.63) is 0 Å². The summed E-state index contributed by atoms with van der Waals surface area (Å²) < 4.78 is 5.02. The van der Waals surface area contributed by atoms with Crippen LogP contribution in [0.3, 0.4) is 0 Å². The molecular formula is C18H36O2. The van der Waals surface area contributed by atoms with E-state index in [-0.39, 0.29) is 5.97 Å². The predicted octanol–water partition coefficient (Wildman–Crippen LogP) is 5.89. The Labute approximate surface area is 126 Å². The highest BCUT2D eigenvalue weighted by atomic mass is 16.5. The second-order valence-electron chi connectivity index (χ2n) is 6.23.